The normalized spacial score (nSPS) is 22.1. The monoisotopic (exact) mass is 370 g/mol. The van der Waals surface area contributed by atoms with Crippen LogP contribution in [-0.4, -0.2) is 42.6 Å². The topological polar surface area (TPSA) is 165 Å². The third-order valence-corrected chi connectivity index (χ3v) is 4.65. The van der Waals surface area contributed by atoms with Gasteiger partial charge in [-0.15, -0.1) is 0 Å². The van der Waals surface area contributed by atoms with Crippen LogP contribution in [0.2, 0.25) is 0 Å². The van der Waals surface area contributed by atoms with Crippen LogP contribution in [-0.2, 0) is 9.59 Å². The van der Waals surface area contributed by atoms with Crippen molar-refractivity contribution in [3.63, 3.8) is 0 Å². The van der Waals surface area contributed by atoms with Crippen molar-refractivity contribution in [3.05, 3.63) is 0 Å². The van der Waals surface area contributed by atoms with Gasteiger partial charge < -0.3 is 33.2 Å². The van der Waals surface area contributed by atoms with Crippen molar-refractivity contribution in [1.29, 1.82) is 0 Å². The van der Waals surface area contributed by atoms with Gasteiger partial charge in [-0.25, -0.2) is 4.79 Å². The molecule has 0 aromatic rings. The standard InChI is InChI=1S/C17H34N6O3/c1-11(21-16(25)13-7-2-3-8-14(13)19)22-17(26)23-12(10-15(20)24)6-4-5-9-18/h11-14H,2-10,18-19H2,1H3,(H2,20,24)(H,21,25)(H2,22,23,26)/t11-,12+,13+,14+/m1/s1. The van der Waals surface area contributed by atoms with Crippen molar-refractivity contribution >= 4 is 17.8 Å². The molecule has 1 saturated carbocycles. The van der Waals surface area contributed by atoms with Gasteiger partial charge in [0.15, 0.2) is 0 Å². The molecule has 9 nitrogen and oxygen atoms in total. The van der Waals surface area contributed by atoms with Crippen LogP contribution in [0.25, 0.3) is 0 Å². The lowest BCUT2D eigenvalue weighted by Crippen LogP contribution is -2.54. The molecule has 1 rings (SSSR count). The molecule has 1 aliphatic carbocycles. The molecule has 26 heavy (non-hydrogen) atoms. The fraction of sp³-hybridized carbons (Fsp3) is 0.824. The van der Waals surface area contributed by atoms with Crippen LogP contribution in [0.3, 0.4) is 0 Å². The minimum atomic E-state index is -0.546. The van der Waals surface area contributed by atoms with Gasteiger partial charge in [0.1, 0.15) is 0 Å². The van der Waals surface area contributed by atoms with Crippen molar-refractivity contribution in [2.24, 2.45) is 23.1 Å². The first-order chi connectivity index (χ1) is 12.3. The first kappa shape index (κ1) is 22.2. The summed E-state index contributed by atoms with van der Waals surface area (Å²) in [6, 6.07) is -0.939. The lowest BCUT2D eigenvalue weighted by atomic mass is 9.84. The number of unbranched alkanes of at least 4 members (excludes halogenated alkanes) is 1. The summed E-state index contributed by atoms with van der Waals surface area (Å²) in [5.74, 6) is -0.827. The summed E-state index contributed by atoms with van der Waals surface area (Å²) in [7, 11) is 0. The first-order valence-electron chi connectivity index (χ1n) is 9.44. The van der Waals surface area contributed by atoms with Crippen LogP contribution in [0.15, 0.2) is 0 Å². The Bertz CT molecular complexity index is 473. The van der Waals surface area contributed by atoms with Crippen LogP contribution in [0.1, 0.15) is 58.3 Å². The molecule has 9 heteroatoms. The van der Waals surface area contributed by atoms with Crippen LogP contribution >= 0.6 is 0 Å². The number of carbonyl (C=O) groups is 3. The maximum Gasteiger partial charge on any atom is 0.316 e. The second kappa shape index (κ2) is 11.7. The number of carbonyl (C=O) groups excluding carboxylic acids is 3. The molecule has 0 spiro atoms. The third kappa shape index (κ3) is 8.48. The van der Waals surface area contributed by atoms with E-state index in [4.69, 9.17) is 17.2 Å². The molecule has 0 aliphatic heterocycles. The van der Waals surface area contributed by atoms with E-state index in [-0.39, 0.29) is 30.3 Å². The number of hydrogen-bond donors (Lipinski definition) is 6. The molecule has 0 aromatic heterocycles. The Labute approximate surface area is 155 Å². The molecule has 4 amide bonds. The molecule has 4 atom stereocenters. The van der Waals surface area contributed by atoms with Gasteiger partial charge in [0.05, 0.1) is 12.1 Å². The van der Waals surface area contributed by atoms with E-state index in [1.54, 1.807) is 6.92 Å². The van der Waals surface area contributed by atoms with E-state index in [9.17, 15) is 14.4 Å². The molecule has 0 aromatic carbocycles. The number of hydrogen-bond acceptors (Lipinski definition) is 5. The zero-order valence-electron chi connectivity index (χ0n) is 15.6. The highest BCUT2D eigenvalue weighted by atomic mass is 16.2. The van der Waals surface area contributed by atoms with Crippen molar-refractivity contribution in [2.45, 2.75) is 76.5 Å². The summed E-state index contributed by atoms with van der Waals surface area (Å²) in [6.07, 6.45) is 5.40. The molecule has 0 heterocycles. The number of amides is 4. The highest BCUT2D eigenvalue weighted by molar-refractivity contribution is 5.81. The van der Waals surface area contributed by atoms with Crippen molar-refractivity contribution in [2.75, 3.05) is 6.54 Å². The third-order valence-electron chi connectivity index (χ3n) is 4.65. The number of rotatable bonds is 10. The second-order valence-electron chi connectivity index (χ2n) is 7.05. The van der Waals surface area contributed by atoms with E-state index in [1.807, 2.05) is 0 Å². The minimum absolute atomic E-state index is 0.0651. The highest BCUT2D eigenvalue weighted by Crippen LogP contribution is 2.23. The first-order valence-corrected chi connectivity index (χ1v) is 9.44. The smallest absolute Gasteiger partial charge is 0.316 e. The summed E-state index contributed by atoms with van der Waals surface area (Å²) < 4.78 is 0. The zero-order valence-corrected chi connectivity index (χ0v) is 15.6. The molecule has 0 radical (unpaired) electrons. The second-order valence-corrected chi connectivity index (χ2v) is 7.05. The molecule has 0 saturated heterocycles. The van der Waals surface area contributed by atoms with E-state index in [1.165, 1.54) is 0 Å². The van der Waals surface area contributed by atoms with Crippen molar-refractivity contribution < 1.29 is 14.4 Å². The molecule has 0 bridgehead atoms. The van der Waals surface area contributed by atoms with E-state index < -0.39 is 18.1 Å². The summed E-state index contributed by atoms with van der Waals surface area (Å²) in [4.78, 5) is 35.6. The zero-order chi connectivity index (χ0) is 19.5. The average Bonchev–Trinajstić information content (AvgIpc) is 2.54. The average molecular weight is 370 g/mol. The molecule has 1 fully saturated rings. The number of nitrogens with one attached hydrogen (secondary N) is 3. The van der Waals surface area contributed by atoms with Gasteiger partial charge in [-0.05, 0) is 39.2 Å². The Morgan fingerprint density at radius 1 is 1.08 bits per heavy atom. The Balaban J connectivity index is 2.42. The molecular formula is C17H34N6O3. The van der Waals surface area contributed by atoms with Crippen LogP contribution in [0, 0.1) is 5.92 Å². The number of urea groups is 1. The maximum absolute atomic E-state index is 12.3. The lowest BCUT2D eigenvalue weighted by Gasteiger charge is -2.29. The molecule has 1 aliphatic rings. The van der Waals surface area contributed by atoms with Gasteiger partial charge in [-0.1, -0.05) is 19.3 Å². The summed E-state index contributed by atoms with van der Waals surface area (Å²) in [5.41, 5.74) is 16.7. The number of nitrogens with two attached hydrogens (primary N) is 3. The van der Waals surface area contributed by atoms with Crippen molar-refractivity contribution in [3.8, 4) is 0 Å². The van der Waals surface area contributed by atoms with Gasteiger partial charge >= 0.3 is 6.03 Å². The van der Waals surface area contributed by atoms with Gasteiger partial charge in [-0.3, -0.25) is 9.59 Å². The SMILES string of the molecule is C[C@@H](NC(=O)N[C@@H](CCCCN)CC(N)=O)NC(=O)[C@H]1CCCC[C@@H]1N. The highest BCUT2D eigenvalue weighted by Gasteiger charge is 2.29. The predicted octanol–water partition coefficient (Wildman–Crippen LogP) is -0.362. The Morgan fingerprint density at radius 3 is 2.38 bits per heavy atom. The van der Waals surface area contributed by atoms with Gasteiger partial charge in [0.25, 0.3) is 0 Å². The van der Waals surface area contributed by atoms with E-state index in [2.05, 4.69) is 16.0 Å². The fourth-order valence-corrected chi connectivity index (χ4v) is 3.27. The Morgan fingerprint density at radius 2 is 1.77 bits per heavy atom. The van der Waals surface area contributed by atoms with Crippen molar-refractivity contribution in [1.82, 2.24) is 16.0 Å². The van der Waals surface area contributed by atoms with Gasteiger partial charge in [-0.2, -0.15) is 0 Å². The van der Waals surface area contributed by atoms with Crippen LogP contribution < -0.4 is 33.2 Å². The largest absolute Gasteiger partial charge is 0.370 e. The van der Waals surface area contributed by atoms with Crippen LogP contribution in [0.4, 0.5) is 4.79 Å². The summed E-state index contributed by atoms with van der Waals surface area (Å²) >= 11 is 0. The minimum Gasteiger partial charge on any atom is -0.370 e. The lowest BCUT2D eigenvalue weighted by molar-refractivity contribution is -0.127. The molecule has 0 unspecified atom stereocenters. The van der Waals surface area contributed by atoms with E-state index in [0.29, 0.717) is 13.0 Å². The molecular weight excluding hydrogens is 336 g/mol. The van der Waals surface area contributed by atoms with Gasteiger partial charge in [0.2, 0.25) is 11.8 Å². The van der Waals surface area contributed by atoms with Gasteiger partial charge in [0, 0.05) is 18.5 Å². The van der Waals surface area contributed by atoms with Crippen LogP contribution in [0.5, 0.6) is 0 Å². The maximum atomic E-state index is 12.3. The molecule has 9 N–H and O–H groups in total. The number of primary amides is 1. The Hall–Kier alpha value is -1.87. The Kier molecular flexibility index (Phi) is 9.97. The summed E-state index contributed by atoms with van der Waals surface area (Å²) in [6.45, 7) is 2.24. The fourth-order valence-electron chi connectivity index (χ4n) is 3.27. The predicted molar refractivity (Wildman–Crippen MR) is 99.7 cm³/mol. The van der Waals surface area contributed by atoms with E-state index >= 15 is 0 Å². The summed E-state index contributed by atoms with van der Waals surface area (Å²) in [5, 5.41) is 8.17. The van der Waals surface area contributed by atoms with E-state index in [0.717, 1.165) is 38.5 Å². The quantitative estimate of drug-likeness (QED) is 0.228. The molecule has 150 valence electrons.